The van der Waals surface area contributed by atoms with Crippen molar-refractivity contribution in [2.45, 2.75) is 39.2 Å². The zero-order valence-corrected chi connectivity index (χ0v) is 16.7. The van der Waals surface area contributed by atoms with E-state index in [1.807, 2.05) is 17.0 Å². The number of ether oxygens (including phenoxy) is 1. The Hall–Kier alpha value is -2.48. The average Bonchev–Trinajstić information content (AvgIpc) is 3.37. The van der Waals surface area contributed by atoms with Crippen molar-refractivity contribution in [3.63, 3.8) is 0 Å². The number of hydrogen-bond donors (Lipinski definition) is 0. The van der Waals surface area contributed by atoms with Crippen molar-refractivity contribution < 1.29 is 14.1 Å². The van der Waals surface area contributed by atoms with Gasteiger partial charge in [-0.1, -0.05) is 19.0 Å². The number of amides is 1. The maximum absolute atomic E-state index is 11.5. The van der Waals surface area contributed by atoms with Crippen molar-refractivity contribution >= 4 is 11.7 Å². The van der Waals surface area contributed by atoms with Crippen LogP contribution in [0.3, 0.4) is 0 Å². The van der Waals surface area contributed by atoms with Crippen LogP contribution in [0.1, 0.15) is 39.0 Å². The number of hydrogen-bond acceptors (Lipinski definition) is 7. The molecule has 1 amide bonds. The van der Waals surface area contributed by atoms with Crippen LogP contribution in [-0.2, 0) is 9.53 Å². The fourth-order valence-corrected chi connectivity index (χ4v) is 4.02. The fraction of sp³-hybridized carbons (Fsp3) is 0.600. The minimum atomic E-state index is 0.122. The first kappa shape index (κ1) is 18.9. The summed E-state index contributed by atoms with van der Waals surface area (Å²) in [6.45, 7) is 9.62. The molecule has 2 aromatic heterocycles. The van der Waals surface area contributed by atoms with E-state index in [0.29, 0.717) is 30.7 Å². The molecule has 0 aromatic carbocycles. The average molecular weight is 385 g/mol. The number of carbonyl (C=O) groups is 1. The third kappa shape index (κ3) is 3.73. The molecule has 8 nitrogen and oxygen atoms in total. The molecule has 2 fully saturated rings. The van der Waals surface area contributed by atoms with Gasteiger partial charge in [-0.25, -0.2) is 4.98 Å². The molecule has 0 radical (unpaired) electrons. The van der Waals surface area contributed by atoms with Gasteiger partial charge in [0.25, 0.3) is 0 Å². The lowest BCUT2D eigenvalue weighted by Crippen LogP contribution is -2.48. The first-order chi connectivity index (χ1) is 13.5. The summed E-state index contributed by atoms with van der Waals surface area (Å²) in [6.07, 6.45) is 2.80. The molecule has 0 aliphatic carbocycles. The van der Waals surface area contributed by atoms with Gasteiger partial charge in [-0.05, 0) is 24.5 Å². The lowest BCUT2D eigenvalue weighted by atomic mass is 9.93. The van der Waals surface area contributed by atoms with Crippen LogP contribution in [0.4, 0.5) is 5.82 Å². The minimum Gasteiger partial charge on any atom is -0.377 e. The second-order valence-corrected chi connectivity index (χ2v) is 7.83. The lowest BCUT2D eigenvalue weighted by Gasteiger charge is -2.34. The van der Waals surface area contributed by atoms with Gasteiger partial charge in [0.2, 0.25) is 17.6 Å². The van der Waals surface area contributed by atoms with E-state index in [2.05, 4.69) is 33.9 Å². The Balaban J connectivity index is 1.50. The van der Waals surface area contributed by atoms with Crippen LogP contribution in [0.25, 0.3) is 11.4 Å². The minimum absolute atomic E-state index is 0.122. The monoisotopic (exact) mass is 385 g/mol. The Morgan fingerprint density at radius 1 is 1.25 bits per heavy atom. The van der Waals surface area contributed by atoms with Gasteiger partial charge in [0.15, 0.2) is 0 Å². The molecular formula is C20H27N5O3. The van der Waals surface area contributed by atoms with Crippen LogP contribution in [0, 0.1) is 5.92 Å². The third-order valence-corrected chi connectivity index (χ3v) is 5.60. The molecule has 0 bridgehead atoms. The van der Waals surface area contributed by atoms with Crippen LogP contribution in [-0.4, -0.2) is 64.8 Å². The zero-order chi connectivity index (χ0) is 19.7. The summed E-state index contributed by atoms with van der Waals surface area (Å²) in [5.41, 5.74) is 0.883. The van der Waals surface area contributed by atoms with E-state index < -0.39 is 0 Å². The Morgan fingerprint density at radius 2 is 2.04 bits per heavy atom. The largest absolute Gasteiger partial charge is 0.377 e. The molecule has 0 spiro atoms. The lowest BCUT2D eigenvalue weighted by molar-refractivity contribution is -0.129. The number of aromatic nitrogens is 3. The van der Waals surface area contributed by atoms with Crippen molar-refractivity contribution in [3.8, 4) is 11.4 Å². The van der Waals surface area contributed by atoms with Gasteiger partial charge in [-0.15, -0.1) is 0 Å². The van der Waals surface area contributed by atoms with Gasteiger partial charge in [-0.3, -0.25) is 4.79 Å². The number of carbonyl (C=O) groups excluding carboxylic acids is 1. The molecule has 2 unspecified atom stereocenters. The summed E-state index contributed by atoms with van der Waals surface area (Å²) in [7, 11) is 0. The van der Waals surface area contributed by atoms with E-state index in [9.17, 15) is 4.79 Å². The molecule has 2 aromatic rings. The van der Waals surface area contributed by atoms with Gasteiger partial charge in [0.1, 0.15) is 5.82 Å². The van der Waals surface area contributed by atoms with Crippen LogP contribution in [0.5, 0.6) is 0 Å². The fourth-order valence-electron chi connectivity index (χ4n) is 4.02. The highest BCUT2D eigenvalue weighted by molar-refractivity contribution is 5.73. The first-order valence-corrected chi connectivity index (χ1v) is 9.95. The molecule has 2 aliphatic rings. The highest BCUT2D eigenvalue weighted by Gasteiger charge is 2.36. The summed E-state index contributed by atoms with van der Waals surface area (Å²) < 4.78 is 11.4. The Morgan fingerprint density at radius 3 is 2.75 bits per heavy atom. The van der Waals surface area contributed by atoms with Gasteiger partial charge in [0, 0.05) is 51.5 Å². The standard InChI is InChI=1S/C20H27N5O3/c1-13(2)18-16(5-11-27-18)20-22-19(23-28-20)15-4-6-21-17(12-15)25-9-7-24(8-10-25)14(3)26/h4,6,12-13,16,18H,5,7-11H2,1-3H3. The van der Waals surface area contributed by atoms with Crippen molar-refractivity contribution in [1.29, 1.82) is 0 Å². The predicted octanol–water partition coefficient (Wildman–Crippen LogP) is 2.33. The van der Waals surface area contributed by atoms with E-state index in [1.165, 1.54) is 0 Å². The van der Waals surface area contributed by atoms with Crippen molar-refractivity contribution in [3.05, 3.63) is 24.2 Å². The van der Waals surface area contributed by atoms with Crippen LogP contribution < -0.4 is 4.90 Å². The Labute approximate surface area is 164 Å². The van der Waals surface area contributed by atoms with Gasteiger partial charge in [0.05, 0.1) is 12.0 Å². The first-order valence-electron chi connectivity index (χ1n) is 9.95. The highest BCUT2D eigenvalue weighted by Crippen LogP contribution is 2.35. The quantitative estimate of drug-likeness (QED) is 0.798. The summed E-state index contributed by atoms with van der Waals surface area (Å²) in [5.74, 6) is 2.79. The third-order valence-electron chi connectivity index (χ3n) is 5.60. The molecule has 2 aliphatic heterocycles. The smallest absolute Gasteiger partial charge is 0.232 e. The SMILES string of the molecule is CC(=O)N1CCN(c2cc(-c3noc(C4CCOC4C(C)C)n3)ccn2)CC1. The topological polar surface area (TPSA) is 84.6 Å². The highest BCUT2D eigenvalue weighted by atomic mass is 16.5. The maximum Gasteiger partial charge on any atom is 0.232 e. The van der Waals surface area contributed by atoms with Crippen LogP contribution in [0.15, 0.2) is 22.9 Å². The number of rotatable bonds is 4. The normalized spacial score (nSPS) is 22.9. The number of pyridine rings is 1. The van der Waals surface area contributed by atoms with Crippen molar-refractivity contribution in [2.24, 2.45) is 5.92 Å². The molecule has 28 heavy (non-hydrogen) atoms. The van der Waals surface area contributed by atoms with Crippen molar-refractivity contribution in [1.82, 2.24) is 20.0 Å². The van der Waals surface area contributed by atoms with Crippen molar-refractivity contribution in [2.75, 3.05) is 37.7 Å². The maximum atomic E-state index is 11.5. The molecule has 4 rings (SSSR count). The van der Waals surface area contributed by atoms with Gasteiger partial charge < -0.3 is 19.1 Å². The second kappa shape index (κ2) is 7.87. The van der Waals surface area contributed by atoms with Gasteiger partial charge >= 0.3 is 0 Å². The van der Waals surface area contributed by atoms with Gasteiger partial charge in [-0.2, -0.15) is 4.98 Å². The summed E-state index contributed by atoms with van der Waals surface area (Å²) >= 11 is 0. The second-order valence-electron chi connectivity index (χ2n) is 7.83. The van der Waals surface area contributed by atoms with E-state index in [0.717, 1.165) is 37.5 Å². The molecule has 0 N–H and O–H groups in total. The van der Waals surface area contributed by atoms with E-state index >= 15 is 0 Å². The molecule has 2 saturated heterocycles. The zero-order valence-electron chi connectivity index (χ0n) is 16.7. The summed E-state index contributed by atoms with van der Waals surface area (Å²) in [4.78, 5) is 24.7. The predicted molar refractivity (Wildman–Crippen MR) is 104 cm³/mol. The molecule has 150 valence electrons. The Kier molecular flexibility index (Phi) is 5.30. The number of nitrogens with zero attached hydrogens (tertiary/aromatic N) is 5. The van der Waals surface area contributed by atoms with E-state index in [-0.39, 0.29) is 17.9 Å². The molecule has 0 saturated carbocycles. The van der Waals surface area contributed by atoms with Crippen LogP contribution in [0.2, 0.25) is 0 Å². The van der Waals surface area contributed by atoms with E-state index in [4.69, 9.17) is 9.26 Å². The molecular weight excluding hydrogens is 358 g/mol. The summed E-state index contributed by atoms with van der Waals surface area (Å²) in [5, 5.41) is 4.21. The summed E-state index contributed by atoms with van der Waals surface area (Å²) in [6, 6.07) is 3.89. The molecule has 8 heteroatoms. The van der Waals surface area contributed by atoms with Crippen LogP contribution >= 0.6 is 0 Å². The number of anilines is 1. The molecule has 4 heterocycles. The van der Waals surface area contributed by atoms with E-state index in [1.54, 1.807) is 13.1 Å². The molecule has 2 atom stereocenters. The Bertz CT molecular complexity index is 829. The number of piperazine rings is 1.